The number of hydrogen-bond donors (Lipinski definition) is 2. The number of rotatable bonds is 8. The number of ether oxygens (including phenoxy) is 1. The second-order valence-corrected chi connectivity index (χ2v) is 9.55. The second kappa shape index (κ2) is 10.2. The van der Waals surface area contributed by atoms with Gasteiger partial charge in [0, 0.05) is 40.9 Å². The maximum atomic E-state index is 14.8. The van der Waals surface area contributed by atoms with Crippen LogP contribution in [0.2, 0.25) is 0 Å². The summed E-state index contributed by atoms with van der Waals surface area (Å²) in [6.45, 7) is 6.44. The summed E-state index contributed by atoms with van der Waals surface area (Å²) in [6.07, 6.45) is 9.39. The van der Waals surface area contributed by atoms with Gasteiger partial charge < -0.3 is 15.4 Å². The molecular weight excluding hydrogens is 472 g/mol. The third-order valence-corrected chi connectivity index (χ3v) is 6.94. The fourth-order valence-corrected chi connectivity index (χ4v) is 4.69. The van der Waals surface area contributed by atoms with Crippen molar-refractivity contribution >= 4 is 22.8 Å². The van der Waals surface area contributed by atoms with Gasteiger partial charge in [0.15, 0.2) is 23.0 Å². The Kier molecular flexibility index (Phi) is 6.82. The van der Waals surface area contributed by atoms with Crippen molar-refractivity contribution in [1.82, 2.24) is 19.7 Å². The molecule has 2 aromatic heterocycles. The summed E-state index contributed by atoms with van der Waals surface area (Å²) < 4.78 is 35.7. The van der Waals surface area contributed by atoms with E-state index >= 15 is 0 Å². The normalized spacial score (nSPS) is 13.4. The fraction of sp³-hybridized carbons (Fsp3) is 0.310. The average Bonchev–Trinajstić information content (AvgIpc) is 3.30. The molecule has 2 N–H and O–H groups in total. The molecule has 6 nitrogen and oxygen atoms in total. The number of methoxy groups -OCH3 is 1. The molecule has 1 fully saturated rings. The van der Waals surface area contributed by atoms with E-state index in [-0.39, 0.29) is 11.3 Å². The van der Waals surface area contributed by atoms with Crippen LogP contribution >= 0.6 is 0 Å². The van der Waals surface area contributed by atoms with Gasteiger partial charge >= 0.3 is 0 Å². The van der Waals surface area contributed by atoms with Crippen LogP contribution in [0, 0.1) is 11.6 Å². The SMILES string of the molecule is CCc1cc(Nc2nccn3c(-c4ccc(OC)c(F)c4F)cnc23)ccc1C(NC1CCC1)=C(C)C. The minimum atomic E-state index is -1.03. The van der Waals surface area contributed by atoms with Gasteiger partial charge in [0.25, 0.3) is 0 Å². The lowest BCUT2D eigenvalue weighted by atomic mass is 9.91. The quantitative estimate of drug-likeness (QED) is 0.274. The Morgan fingerprint density at radius 2 is 1.92 bits per heavy atom. The van der Waals surface area contributed by atoms with E-state index in [1.54, 1.807) is 16.8 Å². The number of allylic oxidation sites excluding steroid dienone is 1. The van der Waals surface area contributed by atoms with Crippen LogP contribution in [0.4, 0.5) is 20.3 Å². The lowest BCUT2D eigenvalue weighted by Gasteiger charge is -2.30. The van der Waals surface area contributed by atoms with Crippen LogP contribution in [0.1, 0.15) is 51.2 Å². The number of nitrogens with one attached hydrogen (secondary N) is 2. The summed E-state index contributed by atoms with van der Waals surface area (Å²) in [5.41, 5.74) is 6.80. The van der Waals surface area contributed by atoms with Gasteiger partial charge in [0.2, 0.25) is 5.82 Å². The van der Waals surface area contributed by atoms with Crippen molar-refractivity contribution in [3.8, 4) is 17.0 Å². The Morgan fingerprint density at radius 1 is 1.11 bits per heavy atom. The van der Waals surface area contributed by atoms with Crippen molar-refractivity contribution in [2.45, 2.75) is 52.5 Å². The molecule has 0 amide bonds. The number of benzene rings is 2. The third-order valence-electron chi connectivity index (χ3n) is 6.94. The number of imidazole rings is 1. The number of halogens is 2. The summed E-state index contributed by atoms with van der Waals surface area (Å²) in [5.74, 6) is -1.64. The van der Waals surface area contributed by atoms with Crippen molar-refractivity contribution in [2.75, 3.05) is 12.4 Å². The smallest absolute Gasteiger partial charge is 0.201 e. The third kappa shape index (κ3) is 4.63. The first-order valence-electron chi connectivity index (χ1n) is 12.6. The first-order chi connectivity index (χ1) is 17.9. The zero-order chi connectivity index (χ0) is 26.1. The summed E-state index contributed by atoms with van der Waals surface area (Å²) in [5, 5.41) is 7.11. The zero-order valence-electron chi connectivity index (χ0n) is 21.5. The van der Waals surface area contributed by atoms with Crippen LogP contribution in [0.3, 0.4) is 0 Å². The minimum Gasteiger partial charge on any atom is -0.494 e. The maximum absolute atomic E-state index is 14.8. The zero-order valence-corrected chi connectivity index (χ0v) is 21.5. The highest BCUT2D eigenvalue weighted by Crippen LogP contribution is 2.32. The van der Waals surface area contributed by atoms with Crippen LogP contribution < -0.4 is 15.4 Å². The Balaban J connectivity index is 1.48. The van der Waals surface area contributed by atoms with Gasteiger partial charge in [-0.2, -0.15) is 4.39 Å². The van der Waals surface area contributed by atoms with Crippen molar-refractivity contribution in [1.29, 1.82) is 0 Å². The standard InChI is InChI=1S/C29H31F2N5O/c1-5-18-15-20(9-10-21(18)27(17(2)3)34-19-7-6-8-19)35-28-29-33-16-23(36(29)14-13-32-28)22-11-12-24(37-4)26(31)25(22)30/h9-16,19,34H,5-8H2,1-4H3,(H,32,35). The van der Waals surface area contributed by atoms with Crippen LogP contribution in [0.25, 0.3) is 22.6 Å². The highest BCUT2D eigenvalue weighted by Gasteiger charge is 2.21. The molecule has 8 heteroatoms. The van der Waals surface area contributed by atoms with Crippen molar-refractivity contribution < 1.29 is 13.5 Å². The predicted molar refractivity (Wildman–Crippen MR) is 143 cm³/mol. The highest BCUT2D eigenvalue weighted by molar-refractivity contribution is 5.77. The number of aromatic nitrogens is 3. The molecule has 192 valence electrons. The molecule has 1 aliphatic rings. The molecule has 4 aromatic rings. The van der Waals surface area contributed by atoms with Crippen LogP contribution in [-0.2, 0) is 6.42 Å². The second-order valence-electron chi connectivity index (χ2n) is 9.55. The van der Waals surface area contributed by atoms with Gasteiger partial charge in [-0.25, -0.2) is 14.4 Å². The average molecular weight is 504 g/mol. The number of nitrogens with zero attached hydrogens (tertiary/aromatic N) is 3. The van der Waals surface area contributed by atoms with Crippen LogP contribution in [0.5, 0.6) is 5.75 Å². The van der Waals surface area contributed by atoms with Gasteiger partial charge in [-0.15, -0.1) is 0 Å². The van der Waals surface area contributed by atoms with Gasteiger partial charge in [0.05, 0.1) is 19.0 Å². The van der Waals surface area contributed by atoms with E-state index in [1.807, 2.05) is 6.07 Å². The molecule has 0 bridgehead atoms. The Bertz CT molecular complexity index is 1490. The summed E-state index contributed by atoms with van der Waals surface area (Å²) in [7, 11) is 1.30. The number of fused-ring (bicyclic) bond motifs is 1. The van der Waals surface area contributed by atoms with E-state index in [9.17, 15) is 8.78 Å². The molecule has 37 heavy (non-hydrogen) atoms. The van der Waals surface area contributed by atoms with E-state index in [0.717, 1.165) is 12.1 Å². The molecule has 0 radical (unpaired) electrons. The summed E-state index contributed by atoms with van der Waals surface area (Å²) in [6, 6.07) is 9.75. The Morgan fingerprint density at radius 3 is 2.59 bits per heavy atom. The molecule has 0 atom stereocenters. The monoisotopic (exact) mass is 503 g/mol. The number of aryl methyl sites for hydroxylation is 1. The topological polar surface area (TPSA) is 63.5 Å². The Labute approximate surface area is 215 Å². The first kappa shape index (κ1) is 24.7. The van der Waals surface area contributed by atoms with Gasteiger partial charge in [0.1, 0.15) is 0 Å². The van der Waals surface area contributed by atoms with Crippen molar-refractivity contribution in [2.24, 2.45) is 0 Å². The van der Waals surface area contributed by atoms with Crippen LogP contribution in [0.15, 0.2) is 54.5 Å². The molecule has 0 unspecified atom stereocenters. The molecule has 5 rings (SSSR count). The maximum Gasteiger partial charge on any atom is 0.201 e. The molecule has 0 saturated heterocycles. The van der Waals surface area contributed by atoms with E-state index < -0.39 is 11.6 Å². The lowest BCUT2D eigenvalue weighted by Crippen LogP contribution is -2.34. The molecule has 2 aromatic carbocycles. The van der Waals surface area contributed by atoms with E-state index in [4.69, 9.17) is 4.74 Å². The van der Waals surface area contributed by atoms with Gasteiger partial charge in [-0.1, -0.05) is 18.6 Å². The van der Waals surface area contributed by atoms with Gasteiger partial charge in [-0.05, 0) is 69.4 Å². The van der Waals surface area contributed by atoms with E-state index in [0.29, 0.717) is 23.2 Å². The van der Waals surface area contributed by atoms with Crippen molar-refractivity contribution in [3.05, 3.63) is 77.3 Å². The fourth-order valence-electron chi connectivity index (χ4n) is 4.69. The molecule has 2 heterocycles. The molecule has 0 aliphatic heterocycles. The number of hydrogen-bond acceptors (Lipinski definition) is 5. The highest BCUT2D eigenvalue weighted by atomic mass is 19.2. The minimum absolute atomic E-state index is 0.0915. The largest absolute Gasteiger partial charge is 0.494 e. The summed E-state index contributed by atoms with van der Waals surface area (Å²) in [4.78, 5) is 8.94. The predicted octanol–water partition coefficient (Wildman–Crippen LogP) is 6.88. The molecular formula is C29H31F2N5O. The van der Waals surface area contributed by atoms with Gasteiger partial charge in [-0.3, -0.25) is 4.40 Å². The number of anilines is 2. The molecule has 1 aliphatic carbocycles. The van der Waals surface area contributed by atoms with Crippen molar-refractivity contribution in [3.63, 3.8) is 0 Å². The molecule has 1 saturated carbocycles. The van der Waals surface area contributed by atoms with E-state index in [1.165, 1.54) is 67.1 Å². The van der Waals surface area contributed by atoms with Crippen LogP contribution in [-0.4, -0.2) is 27.5 Å². The first-order valence-corrected chi connectivity index (χ1v) is 12.6. The lowest BCUT2D eigenvalue weighted by molar-refractivity contribution is 0.372. The Hall–Kier alpha value is -3.94. The van der Waals surface area contributed by atoms with E-state index in [2.05, 4.69) is 53.5 Å². The molecule has 0 spiro atoms. The summed E-state index contributed by atoms with van der Waals surface area (Å²) >= 11 is 0.